The summed E-state index contributed by atoms with van der Waals surface area (Å²) >= 11 is 0. The first-order chi connectivity index (χ1) is 18.5. The Morgan fingerprint density at radius 1 is 1.03 bits per heavy atom. The largest absolute Gasteiger partial charge is 0.367 e. The van der Waals surface area contributed by atoms with Crippen LogP contribution in [0.25, 0.3) is 11.0 Å². The fraction of sp³-hybridized carbons (Fsp3) is 0.346. The molecule has 1 aromatic carbocycles. The number of aryl methyl sites for hydroxylation is 1. The highest BCUT2D eigenvalue weighted by Crippen LogP contribution is 2.31. The molecule has 0 amide bonds. The van der Waals surface area contributed by atoms with E-state index in [-0.39, 0.29) is 16.6 Å². The summed E-state index contributed by atoms with van der Waals surface area (Å²) in [5.41, 5.74) is 0.231. The average molecular weight is 563 g/mol. The van der Waals surface area contributed by atoms with Gasteiger partial charge in [-0.1, -0.05) is 17.7 Å². The molecule has 0 spiro atoms. The lowest BCUT2D eigenvalue weighted by molar-refractivity contribution is -0.0458. The molecule has 0 radical (unpaired) electrons. The van der Waals surface area contributed by atoms with Gasteiger partial charge in [0.25, 0.3) is 16.4 Å². The number of halogens is 4. The van der Waals surface area contributed by atoms with E-state index in [9.17, 15) is 26.0 Å². The zero-order chi connectivity index (χ0) is 27.8. The minimum Gasteiger partial charge on any atom is -0.367 e. The summed E-state index contributed by atoms with van der Waals surface area (Å²) < 4.78 is 82.4. The minimum atomic E-state index is -3.86. The Hall–Kier alpha value is -3.58. The number of nitrogens with one attached hydrogen (secondary N) is 1. The Bertz CT molecular complexity index is 1550. The molecule has 1 fully saturated rings. The summed E-state index contributed by atoms with van der Waals surface area (Å²) in [7, 11) is -3.86. The Morgan fingerprint density at radius 2 is 1.74 bits per heavy atom. The van der Waals surface area contributed by atoms with Crippen LogP contribution in [-0.4, -0.2) is 57.9 Å². The van der Waals surface area contributed by atoms with Crippen molar-refractivity contribution in [3.8, 4) is 0 Å². The predicted octanol–water partition coefficient (Wildman–Crippen LogP) is 4.98. The van der Waals surface area contributed by atoms with Crippen molar-refractivity contribution in [1.29, 1.82) is 0 Å². The van der Waals surface area contributed by atoms with Crippen LogP contribution in [0, 0.1) is 6.92 Å². The Balaban J connectivity index is 1.25. The highest BCUT2D eigenvalue weighted by molar-refractivity contribution is 7.90. The molecule has 0 unspecified atom stereocenters. The number of hydrogen-bond acceptors (Lipinski definition) is 7. The number of likely N-dealkylation sites (tertiary alicyclic amines) is 1. The van der Waals surface area contributed by atoms with Crippen LogP contribution in [0.1, 0.15) is 36.1 Å². The van der Waals surface area contributed by atoms with Crippen molar-refractivity contribution in [3.05, 3.63) is 78.0 Å². The molecule has 3 aromatic heterocycles. The standard InChI is InChI=1S/C26H26F4N6O2S/c1-17-2-5-20(6-3-17)39(37,38)36-13-10-21-24(32-16-33-25(21)36)34-19-8-11-35(12-9-19)15-26(29,30)22-7-4-18(14-31-22)23(27)28/h2-7,10,13-14,16,19,23H,8-9,11-12,15H2,1H3,(H,32,33,34). The third kappa shape index (κ3) is 5.59. The molecule has 4 aromatic rings. The lowest BCUT2D eigenvalue weighted by Crippen LogP contribution is -2.44. The van der Waals surface area contributed by atoms with Gasteiger partial charge in [-0.05, 0) is 50.1 Å². The van der Waals surface area contributed by atoms with Crippen molar-refractivity contribution >= 4 is 26.9 Å². The molecule has 1 N–H and O–H groups in total. The fourth-order valence-corrected chi connectivity index (χ4v) is 5.90. The van der Waals surface area contributed by atoms with Gasteiger partial charge in [-0.15, -0.1) is 0 Å². The monoisotopic (exact) mass is 562 g/mol. The van der Waals surface area contributed by atoms with Gasteiger partial charge in [-0.3, -0.25) is 9.88 Å². The van der Waals surface area contributed by atoms with Crippen LogP contribution in [-0.2, 0) is 15.9 Å². The van der Waals surface area contributed by atoms with E-state index in [1.54, 1.807) is 35.2 Å². The van der Waals surface area contributed by atoms with Gasteiger partial charge in [-0.2, -0.15) is 8.78 Å². The van der Waals surface area contributed by atoms with E-state index in [4.69, 9.17) is 0 Å². The molecule has 39 heavy (non-hydrogen) atoms. The van der Waals surface area contributed by atoms with Crippen molar-refractivity contribution in [2.75, 3.05) is 25.0 Å². The maximum absolute atomic E-state index is 14.8. The highest BCUT2D eigenvalue weighted by Gasteiger charge is 2.37. The van der Waals surface area contributed by atoms with Gasteiger partial charge >= 0.3 is 5.92 Å². The van der Waals surface area contributed by atoms with E-state index in [0.29, 0.717) is 37.1 Å². The van der Waals surface area contributed by atoms with Crippen LogP contribution in [0.2, 0.25) is 0 Å². The highest BCUT2D eigenvalue weighted by atomic mass is 32.2. The maximum Gasteiger partial charge on any atom is 0.302 e. The molecular weight excluding hydrogens is 536 g/mol. The molecule has 1 aliphatic heterocycles. The van der Waals surface area contributed by atoms with Gasteiger partial charge in [0.2, 0.25) is 0 Å². The smallest absolute Gasteiger partial charge is 0.302 e. The summed E-state index contributed by atoms with van der Waals surface area (Å²) in [4.78, 5) is 13.8. The van der Waals surface area contributed by atoms with Gasteiger partial charge in [0.15, 0.2) is 5.65 Å². The van der Waals surface area contributed by atoms with Gasteiger partial charge in [0, 0.05) is 37.1 Å². The minimum absolute atomic E-state index is 0.0755. The molecule has 1 saturated heterocycles. The Morgan fingerprint density at radius 3 is 2.38 bits per heavy atom. The number of piperidine rings is 1. The van der Waals surface area contributed by atoms with Crippen molar-refractivity contribution in [2.24, 2.45) is 0 Å². The number of fused-ring (bicyclic) bond motifs is 1. The zero-order valence-electron chi connectivity index (χ0n) is 20.9. The number of anilines is 1. The van der Waals surface area contributed by atoms with E-state index >= 15 is 0 Å². The molecule has 13 heteroatoms. The second-order valence-electron chi connectivity index (χ2n) is 9.57. The molecule has 206 valence electrons. The van der Waals surface area contributed by atoms with Crippen molar-refractivity contribution < 1.29 is 26.0 Å². The molecule has 8 nitrogen and oxygen atoms in total. The number of nitrogens with zero attached hydrogens (tertiary/aromatic N) is 5. The van der Waals surface area contributed by atoms with E-state index in [0.717, 1.165) is 27.9 Å². The second kappa shape index (κ2) is 10.5. The molecule has 4 heterocycles. The summed E-state index contributed by atoms with van der Waals surface area (Å²) in [5.74, 6) is -2.82. The first kappa shape index (κ1) is 27.0. The molecule has 0 aliphatic carbocycles. The quantitative estimate of drug-likeness (QED) is 0.303. The fourth-order valence-electron chi connectivity index (χ4n) is 4.60. The van der Waals surface area contributed by atoms with Crippen LogP contribution >= 0.6 is 0 Å². The molecular formula is C26H26F4N6O2S. The van der Waals surface area contributed by atoms with Crippen LogP contribution in [0.4, 0.5) is 23.4 Å². The summed E-state index contributed by atoms with van der Waals surface area (Å²) in [6.45, 7) is 2.05. The third-order valence-corrected chi connectivity index (χ3v) is 8.47. The topological polar surface area (TPSA) is 93.0 Å². The Kier molecular flexibility index (Phi) is 7.29. The lowest BCUT2D eigenvalue weighted by Gasteiger charge is -2.34. The average Bonchev–Trinajstić information content (AvgIpc) is 3.36. The first-order valence-electron chi connectivity index (χ1n) is 12.3. The van der Waals surface area contributed by atoms with Gasteiger partial charge in [0.05, 0.1) is 16.8 Å². The molecule has 1 aliphatic rings. The van der Waals surface area contributed by atoms with Crippen molar-refractivity contribution in [3.63, 3.8) is 0 Å². The number of alkyl halides is 4. The maximum atomic E-state index is 14.8. The first-order valence-corrected chi connectivity index (χ1v) is 13.7. The zero-order valence-corrected chi connectivity index (χ0v) is 21.8. The van der Waals surface area contributed by atoms with Crippen LogP contribution in [0.15, 0.2) is 66.1 Å². The van der Waals surface area contributed by atoms with Crippen LogP contribution in [0.3, 0.4) is 0 Å². The summed E-state index contributed by atoms with van der Waals surface area (Å²) in [6.07, 6.45) is 1.83. The summed E-state index contributed by atoms with van der Waals surface area (Å²) in [6, 6.07) is 10.0. The van der Waals surface area contributed by atoms with Crippen molar-refractivity contribution in [1.82, 2.24) is 23.8 Å². The third-order valence-electron chi connectivity index (χ3n) is 6.79. The molecule has 0 saturated carbocycles. The molecule has 0 bridgehead atoms. The number of rotatable bonds is 8. The number of pyridine rings is 1. The van der Waals surface area contributed by atoms with E-state index in [1.165, 1.54) is 12.5 Å². The van der Waals surface area contributed by atoms with E-state index in [2.05, 4.69) is 20.3 Å². The van der Waals surface area contributed by atoms with Crippen molar-refractivity contribution in [2.45, 2.75) is 43.1 Å². The number of hydrogen-bond donors (Lipinski definition) is 1. The van der Waals surface area contributed by atoms with Crippen LogP contribution < -0.4 is 5.32 Å². The normalized spacial score (nSPS) is 15.7. The predicted molar refractivity (Wildman–Crippen MR) is 137 cm³/mol. The number of aromatic nitrogens is 4. The van der Waals surface area contributed by atoms with Gasteiger partial charge < -0.3 is 5.32 Å². The second-order valence-corrected chi connectivity index (χ2v) is 11.4. The van der Waals surface area contributed by atoms with Crippen LogP contribution in [0.5, 0.6) is 0 Å². The molecule has 0 atom stereocenters. The molecule has 5 rings (SSSR count). The van der Waals surface area contributed by atoms with Gasteiger partial charge in [-0.25, -0.2) is 31.1 Å². The Labute approximate surface area is 222 Å². The lowest BCUT2D eigenvalue weighted by atomic mass is 10.0. The van der Waals surface area contributed by atoms with E-state index < -0.39 is 40.2 Å². The number of benzene rings is 1. The SMILES string of the molecule is Cc1ccc(S(=O)(=O)n2ccc3c(NC4CCN(CC(F)(F)c5ccc(C(F)F)cn5)CC4)ncnc32)cc1. The van der Waals surface area contributed by atoms with Gasteiger partial charge in [0.1, 0.15) is 17.8 Å². The van der Waals surface area contributed by atoms with E-state index in [1.807, 2.05) is 6.92 Å². The summed E-state index contributed by atoms with van der Waals surface area (Å²) in [5, 5.41) is 3.84.